The first kappa shape index (κ1) is 18.0. The number of hydrogen-bond acceptors (Lipinski definition) is 6. The molecule has 0 radical (unpaired) electrons. The second-order valence-electron chi connectivity index (χ2n) is 4.51. The Balaban J connectivity index is 0.000000745. The lowest BCUT2D eigenvalue weighted by Crippen LogP contribution is -2.39. The number of sulfonamides is 1. The molecule has 1 aromatic heterocycles. The predicted molar refractivity (Wildman–Crippen MR) is 76.4 cm³/mol. The first-order chi connectivity index (χ1) is 10.4. The monoisotopic (exact) mass is 333 g/mol. The molecule has 0 fully saturated rings. The highest BCUT2D eigenvalue weighted by Gasteiger charge is 2.25. The average Bonchev–Trinajstić information content (AvgIpc) is 2.95. The van der Waals surface area contributed by atoms with Crippen LogP contribution in [0.15, 0.2) is 6.33 Å². The van der Waals surface area contributed by atoms with E-state index >= 15 is 0 Å². The molecule has 1 unspecified atom stereocenters. The third kappa shape index (κ3) is 5.41. The molecule has 1 atom stereocenters. The van der Waals surface area contributed by atoms with Crippen molar-refractivity contribution in [2.45, 2.75) is 19.4 Å². The number of carbonyl (C=O) groups excluding carboxylic acids is 1. The van der Waals surface area contributed by atoms with Gasteiger partial charge in [-0.05, 0) is 13.5 Å². The smallest absolute Gasteiger partial charge is 0.290 e. The number of fused-ring (bicyclic) bond motifs is 1. The summed E-state index contributed by atoms with van der Waals surface area (Å²) >= 11 is 0. The zero-order chi connectivity index (χ0) is 16.6. The van der Waals surface area contributed by atoms with Crippen LogP contribution < -0.4 is 10.0 Å². The number of hydrogen-bond donors (Lipinski definition) is 3. The molecule has 0 spiro atoms. The molecule has 1 aliphatic heterocycles. The highest BCUT2D eigenvalue weighted by molar-refractivity contribution is 7.89. The Morgan fingerprint density at radius 1 is 1.59 bits per heavy atom. The van der Waals surface area contributed by atoms with Gasteiger partial charge < -0.3 is 10.4 Å². The molecule has 1 amide bonds. The van der Waals surface area contributed by atoms with Crippen molar-refractivity contribution in [1.82, 2.24) is 24.8 Å². The molecule has 0 aromatic carbocycles. The topological polar surface area (TPSA) is 143 Å². The number of nitrogens with one attached hydrogen (secondary N) is 2. The summed E-state index contributed by atoms with van der Waals surface area (Å²) < 4.78 is 26.3. The molecule has 10 nitrogen and oxygen atoms in total. The minimum absolute atomic E-state index is 0.114. The third-order valence-corrected chi connectivity index (χ3v) is 4.52. The highest BCUT2D eigenvalue weighted by atomic mass is 32.2. The van der Waals surface area contributed by atoms with Gasteiger partial charge in [-0.3, -0.25) is 9.59 Å². The van der Waals surface area contributed by atoms with Gasteiger partial charge in [0.1, 0.15) is 12.2 Å². The van der Waals surface area contributed by atoms with Crippen LogP contribution in [-0.4, -0.2) is 60.0 Å². The average molecular weight is 333 g/mol. The minimum Gasteiger partial charge on any atom is -0.483 e. The maximum Gasteiger partial charge on any atom is 0.290 e. The number of aromatic nitrogens is 3. The summed E-state index contributed by atoms with van der Waals surface area (Å²) in [6, 6.07) is 0. The Hall–Kier alpha value is -2.01. The summed E-state index contributed by atoms with van der Waals surface area (Å²) in [6.45, 7) is 0.364. The van der Waals surface area contributed by atoms with E-state index in [1.165, 1.54) is 13.4 Å². The first-order valence-corrected chi connectivity index (χ1v) is 8.22. The summed E-state index contributed by atoms with van der Waals surface area (Å²) in [4.78, 5) is 24.4. The van der Waals surface area contributed by atoms with E-state index in [0.717, 1.165) is 5.82 Å². The third-order valence-electron chi connectivity index (χ3n) is 3.16. The van der Waals surface area contributed by atoms with E-state index in [9.17, 15) is 13.2 Å². The van der Waals surface area contributed by atoms with Crippen LogP contribution in [0.4, 0.5) is 0 Å². The van der Waals surface area contributed by atoms with E-state index in [0.29, 0.717) is 19.4 Å². The summed E-state index contributed by atoms with van der Waals surface area (Å²) in [5.41, 5.74) is 0. The fourth-order valence-corrected chi connectivity index (χ4v) is 2.58. The Labute approximate surface area is 128 Å². The van der Waals surface area contributed by atoms with Crippen molar-refractivity contribution in [3.8, 4) is 0 Å². The first-order valence-electron chi connectivity index (χ1n) is 6.57. The lowest BCUT2D eigenvalue weighted by atomic mass is 9.99. The van der Waals surface area contributed by atoms with E-state index in [4.69, 9.17) is 9.90 Å². The van der Waals surface area contributed by atoms with Crippen molar-refractivity contribution in [2.24, 2.45) is 5.92 Å². The molecule has 2 rings (SSSR count). The number of nitrogens with zero attached hydrogens (tertiary/aromatic N) is 3. The maximum atomic E-state index is 11.9. The normalized spacial score (nSPS) is 16.9. The van der Waals surface area contributed by atoms with Gasteiger partial charge in [-0.2, -0.15) is 5.10 Å². The molecule has 0 saturated heterocycles. The van der Waals surface area contributed by atoms with Gasteiger partial charge in [-0.25, -0.2) is 22.8 Å². The molecular weight excluding hydrogens is 314 g/mol. The molecule has 1 aliphatic rings. The molecular formula is C11H19N5O5S. The molecule has 1 aromatic rings. The van der Waals surface area contributed by atoms with Crippen molar-refractivity contribution in [3.63, 3.8) is 0 Å². The standard InChI is InChI=1S/C10H17N5O3S.CH2O2/c1-11-19(17,18)5-4-12-10(16)8-2-3-9-13-7-14-15(9)6-8;2-1-3/h7-8,11H,2-6H2,1H3,(H,12,16);1H,(H,2,3). The second-order valence-corrected chi connectivity index (χ2v) is 6.56. The van der Waals surface area contributed by atoms with E-state index < -0.39 is 10.0 Å². The van der Waals surface area contributed by atoms with Gasteiger partial charge in [0.05, 0.1) is 18.2 Å². The number of amides is 1. The molecule has 11 heteroatoms. The molecule has 2 heterocycles. The lowest BCUT2D eigenvalue weighted by Gasteiger charge is -2.21. The predicted octanol–water partition coefficient (Wildman–Crippen LogP) is -1.79. The Bertz CT molecular complexity index is 600. The number of rotatable bonds is 5. The zero-order valence-electron chi connectivity index (χ0n) is 12.1. The van der Waals surface area contributed by atoms with E-state index in [-0.39, 0.29) is 30.6 Å². The van der Waals surface area contributed by atoms with Crippen LogP contribution in [0.2, 0.25) is 0 Å². The summed E-state index contributed by atoms with van der Waals surface area (Å²) in [5.74, 6) is 0.469. The van der Waals surface area contributed by atoms with E-state index in [1.54, 1.807) is 4.68 Å². The van der Waals surface area contributed by atoms with Crippen LogP contribution in [0.1, 0.15) is 12.2 Å². The van der Waals surface area contributed by atoms with Crippen molar-refractivity contribution in [3.05, 3.63) is 12.2 Å². The molecule has 0 saturated carbocycles. The molecule has 22 heavy (non-hydrogen) atoms. The van der Waals surface area contributed by atoms with Crippen molar-refractivity contribution in [1.29, 1.82) is 0 Å². The molecule has 0 bridgehead atoms. The second kappa shape index (κ2) is 8.44. The van der Waals surface area contributed by atoms with Gasteiger partial charge in [0.25, 0.3) is 6.47 Å². The quantitative estimate of drug-likeness (QED) is 0.540. The van der Waals surface area contributed by atoms with Crippen LogP contribution in [0.3, 0.4) is 0 Å². The largest absolute Gasteiger partial charge is 0.483 e. The van der Waals surface area contributed by atoms with Gasteiger partial charge in [0.15, 0.2) is 0 Å². The van der Waals surface area contributed by atoms with Crippen LogP contribution in [0.25, 0.3) is 0 Å². The summed E-state index contributed by atoms with van der Waals surface area (Å²) in [6.07, 6.45) is 2.91. The van der Waals surface area contributed by atoms with Gasteiger partial charge in [0.2, 0.25) is 15.9 Å². The fourth-order valence-electron chi connectivity index (χ4n) is 2.01. The van der Waals surface area contributed by atoms with Crippen LogP contribution in [0, 0.1) is 5.92 Å². The summed E-state index contributed by atoms with van der Waals surface area (Å²) in [7, 11) is -1.93. The molecule has 0 aliphatic carbocycles. The summed E-state index contributed by atoms with van der Waals surface area (Å²) in [5, 5.41) is 13.6. The molecule has 3 N–H and O–H groups in total. The highest BCUT2D eigenvalue weighted by Crippen LogP contribution is 2.17. The number of carbonyl (C=O) groups is 2. The zero-order valence-corrected chi connectivity index (χ0v) is 12.9. The maximum absolute atomic E-state index is 11.9. The van der Waals surface area contributed by atoms with Gasteiger partial charge in [-0.15, -0.1) is 0 Å². The van der Waals surface area contributed by atoms with Crippen LogP contribution >= 0.6 is 0 Å². The fraction of sp³-hybridized carbons (Fsp3) is 0.636. The SMILES string of the molecule is CNS(=O)(=O)CCNC(=O)C1CCc2ncnn2C1.O=CO. The van der Waals surface area contributed by atoms with Crippen LogP contribution in [-0.2, 0) is 32.6 Å². The van der Waals surface area contributed by atoms with E-state index in [2.05, 4.69) is 20.1 Å². The molecule has 124 valence electrons. The lowest BCUT2D eigenvalue weighted by molar-refractivity contribution is -0.126. The minimum atomic E-state index is -3.28. The Morgan fingerprint density at radius 3 is 2.91 bits per heavy atom. The Morgan fingerprint density at radius 2 is 2.27 bits per heavy atom. The van der Waals surface area contributed by atoms with Gasteiger partial charge in [-0.1, -0.05) is 0 Å². The van der Waals surface area contributed by atoms with Gasteiger partial charge in [0, 0.05) is 13.0 Å². The van der Waals surface area contributed by atoms with Crippen molar-refractivity contribution in [2.75, 3.05) is 19.3 Å². The van der Waals surface area contributed by atoms with E-state index in [1.807, 2.05) is 0 Å². The number of aryl methyl sites for hydroxylation is 1. The Kier molecular flexibility index (Phi) is 6.92. The van der Waals surface area contributed by atoms with Crippen molar-refractivity contribution < 1.29 is 23.1 Å². The number of carboxylic acid groups (broad SMARTS) is 1. The van der Waals surface area contributed by atoms with Gasteiger partial charge >= 0.3 is 0 Å². The van der Waals surface area contributed by atoms with Crippen molar-refractivity contribution >= 4 is 22.4 Å². The van der Waals surface area contributed by atoms with Crippen LogP contribution in [0.5, 0.6) is 0 Å².